The van der Waals surface area contributed by atoms with Crippen LogP contribution in [-0.2, 0) is 10.2 Å². The van der Waals surface area contributed by atoms with E-state index >= 15 is 0 Å². The van der Waals surface area contributed by atoms with Crippen LogP contribution in [0.15, 0.2) is 24.4 Å². The van der Waals surface area contributed by atoms with Crippen LogP contribution in [0.4, 0.5) is 0 Å². The smallest absolute Gasteiger partial charge is 0.220 e. The van der Waals surface area contributed by atoms with Crippen LogP contribution in [-0.4, -0.2) is 17.4 Å². The fraction of sp³-hybridized carbons (Fsp3) is 0.625. The van der Waals surface area contributed by atoms with Gasteiger partial charge in [-0.05, 0) is 31.4 Å². The Morgan fingerprint density at radius 1 is 1.37 bits per heavy atom. The largest absolute Gasteiger partial charge is 0.355 e. The Balaban J connectivity index is 1.99. The first-order valence-electron chi connectivity index (χ1n) is 7.45. The third-order valence-electron chi connectivity index (χ3n) is 4.15. The predicted molar refractivity (Wildman–Crippen MR) is 76.9 cm³/mol. The van der Waals surface area contributed by atoms with Crippen LogP contribution in [0.5, 0.6) is 0 Å². The van der Waals surface area contributed by atoms with Crippen molar-refractivity contribution in [1.29, 1.82) is 0 Å². The molecule has 104 valence electrons. The molecule has 0 saturated heterocycles. The average Bonchev–Trinajstić information content (AvgIpc) is 2.94. The lowest BCUT2D eigenvalue weighted by Crippen LogP contribution is -2.39. The molecule has 1 aliphatic carbocycles. The Bertz CT molecular complexity index is 396. The van der Waals surface area contributed by atoms with Gasteiger partial charge >= 0.3 is 0 Å². The van der Waals surface area contributed by atoms with E-state index in [1.54, 1.807) is 0 Å². The number of carbonyl (C=O) groups excluding carboxylic acids is 1. The minimum atomic E-state index is 0.0726. The van der Waals surface area contributed by atoms with Crippen LogP contribution in [0.2, 0.25) is 0 Å². The van der Waals surface area contributed by atoms with Gasteiger partial charge in [0.1, 0.15) is 0 Å². The van der Waals surface area contributed by atoms with Crippen LogP contribution in [0, 0.1) is 0 Å². The first-order chi connectivity index (χ1) is 9.27. The molecule has 1 fully saturated rings. The van der Waals surface area contributed by atoms with Gasteiger partial charge in [0, 0.05) is 30.3 Å². The van der Waals surface area contributed by atoms with Crippen LogP contribution in [0.25, 0.3) is 0 Å². The van der Waals surface area contributed by atoms with E-state index in [0.29, 0.717) is 6.42 Å². The number of aromatic nitrogens is 1. The number of carbonyl (C=O) groups is 1. The van der Waals surface area contributed by atoms with E-state index in [1.807, 2.05) is 18.3 Å². The molecular weight excluding hydrogens is 236 g/mol. The van der Waals surface area contributed by atoms with Crippen LogP contribution >= 0.6 is 0 Å². The number of amides is 1. The molecule has 3 heteroatoms. The molecule has 0 aromatic carbocycles. The highest BCUT2D eigenvalue weighted by Crippen LogP contribution is 2.39. The van der Waals surface area contributed by atoms with Gasteiger partial charge in [0.05, 0.1) is 0 Å². The number of unbranched alkanes of at least 4 members (excludes halogenated alkanes) is 1. The highest BCUT2D eigenvalue weighted by atomic mass is 16.1. The normalized spacial score (nSPS) is 17.3. The minimum absolute atomic E-state index is 0.0726. The fourth-order valence-corrected chi connectivity index (χ4v) is 2.95. The number of pyridine rings is 1. The zero-order chi connectivity index (χ0) is 13.6. The maximum Gasteiger partial charge on any atom is 0.220 e. The molecule has 1 amide bonds. The Hall–Kier alpha value is -1.38. The molecule has 0 radical (unpaired) electrons. The van der Waals surface area contributed by atoms with Gasteiger partial charge in [-0.15, -0.1) is 0 Å². The molecular formula is C16H24N2O. The molecule has 0 bridgehead atoms. The third-order valence-corrected chi connectivity index (χ3v) is 4.15. The van der Waals surface area contributed by atoms with E-state index in [0.717, 1.165) is 37.9 Å². The number of rotatable bonds is 6. The lowest BCUT2D eigenvalue weighted by Gasteiger charge is -2.28. The molecule has 2 rings (SSSR count). The summed E-state index contributed by atoms with van der Waals surface area (Å²) in [5.41, 5.74) is 1.21. The summed E-state index contributed by atoms with van der Waals surface area (Å²) in [6.45, 7) is 2.85. The summed E-state index contributed by atoms with van der Waals surface area (Å²) in [5, 5.41) is 3.12. The molecule has 1 aliphatic rings. The Kier molecular flexibility index (Phi) is 4.94. The van der Waals surface area contributed by atoms with Crippen molar-refractivity contribution in [3.63, 3.8) is 0 Å². The van der Waals surface area contributed by atoms with Crippen molar-refractivity contribution in [2.45, 2.75) is 57.3 Å². The van der Waals surface area contributed by atoms with Gasteiger partial charge < -0.3 is 5.32 Å². The fourth-order valence-electron chi connectivity index (χ4n) is 2.95. The summed E-state index contributed by atoms with van der Waals surface area (Å²) in [7, 11) is 0. The highest BCUT2D eigenvalue weighted by molar-refractivity contribution is 5.75. The maximum absolute atomic E-state index is 11.8. The van der Waals surface area contributed by atoms with Crippen LogP contribution in [0.1, 0.15) is 57.6 Å². The Morgan fingerprint density at radius 3 is 2.79 bits per heavy atom. The monoisotopic (exact) mass is 260 g/mol. The van der Waals surface area contributed by atoms with E-state index in [1.165, 1.54) is 12.8 Å². The SMILES string of the molecule is CCCCC(=O)NCC1(c2ccccn2)CCCC1. The molecule has 3 nitrogen and oxygen atoms in total. The minimum Gasteiger partial charge on any atom is -0.355 e. The van der Waals surface area contributed by atoms with E-state index < -0.39 is 0 Å². The summed E-state index contributed by atoms with van der Waals surface area (Å²) >= 11 is 0. The number of hydrogen-bond donors (Lipinski definition) is 1. The molecule has 1 N–H and O–H groups in total. The first-order valence-corrected chi connectivity index (χ1v) is 7.45. The van der Waals surface area contributed by atoms with Crippen molar-refractivity contribution < 1.29 is 4.79 Å². The van der Waals surface area contributed by atoms with Crippen molar-refractivity contribution in [2.24, 2.45) is 0 Å². The number of nitrogens with one attached hydrogen (secondary N) is 1. The van der Waals surface area contributed by atoms with E-state index in [9.17, 15) is 4.79 Å². The Morgan fingerprint density at radius 2 is 2.16 bits per heavy atom. The molecule has 0 atom stereocenters. The van der Waals surface area contributed by atoms with Crippen molar-refractivity contribution in [1.82, 2.24) is 10.3 Å². The molecule has 1 saturated carbocycles. The molecule has 1 aromatic rings. The second-order valence-corrected chi connectivity index (χ2v) is 5.58. The molecule has 1 aromatic heterocycles. The zero-order valence-corrected chi connectivity index (χ0v) is 11.8. The number of nitrogens with zero attached hydrogens (tertiary/aromatic N) is 1. The molecule has 19 heavy (non-hydrogen) atoms. The summed E-state index contributed by atoms with van der Waals surface area (Å²) in [6.07, 6.45) is 9.29. The second kappa shape index (κ2) is 6.69. The van der Waals surface area contributed by atoms with E-state index in [2.05, 4.69) is 23.3 Å². The lowest BCUT2D eigenvalue weighted by atomic mass is 9.82. The van der Waals surface area contributed by atoms with Gasteiger partial charge in [0.25, 0.3) is 0 Å². The standard InChI is InChI=1S/C16H24N2O/c1-2-3-9-15(19)18-13-16(10-5-6-11-16)14-8-4-7-12-17-14/h4,7-8,12H,2-3,5-6,9-11,13H2,1H3,(H,18,19). The predicted octanol–water partition coefficient (Wildman–Crippen LogP) is 3.20. The average molecular weight is 260 g/mol. The lowest BCUT2D eigenvalue weighted by molar-refractivity contribution is -0.121. The second-order valence-electron chi connectivity index (χ2n) is 5.58. The zero-order valence-electron chi connectivity index (χ0n) is 11.8. The van der Waals surface area contributed by atoms with E-state index in [-0.39, 0.29) is 11.3 Å². The van der Waals surface area contributed by atoms with Crippen molar-refractivity contribution >= 4 is 5.91 Å². The van der Waals surface area contributed by atoms with Crippen LogP contribution < -0.4 is 5.32 Å². The van der Waals surface area contributed by atoms with Gasteiger partial charge in [0.15, 0.2) is 0 Å². The molecule has 0 spiro atoms. The number of hydrogen-bond acceptors (Lipinski definition) is 2. The van der Waals surface area contributed by atoms with Gasteiger partial charge in [-0.25, -0.2) is 0 Å². The third kappa shape index (κ3) is 3.55. The van der Waals surface area contributed by atoms with Crippen molar-refractivity contribution in [3.05, 3.63) is 30.1 Å². The summed E-state index contributed by atoms with van der Waals surface area (Å²) in [5.74, 6) is 0.184. The van der Waals surface area contributed by atoms with Crippen LogP contribution in [0.3, 0.4) is 0 Å². The highest BCUT2D eigenvalue weighted by Gasteiger charge is 2.36. The van der Waals surface area contributed by atoms with Gasteiger partial charge in [0.2, 0.25) is 5.91 Å². The van der Waals surface area contributed by atoms with E-state index in [4.69, 9.17) is 0 Å². The summed E-state index contributed by atoms with van der Waals surface area (Å²) < 4.78 is 0. The van der Waals surface area contributed by atoms with Gasteiger partial charge in [-0.1, -0.05) is 32.3 Å². The van der Waals surface area contributed by atoms with Crippen molar-refractivity contribution in [2.75, 3.05) is 6.54 Å². The summed E-state index contributed by atoms with van der Waals surface area (Å²) in [4.78, 5) is 16.3. The Labute approximate surface area is 115 Å². The quantitative estimate of drug-likeness (QED) is 0.853. The maximum atomic E-state index is 11.8. The molecule has 0 unspecified atom stereocenters. The molecule has 0 aliphatic heterocycles. The topological polar surface area (TPSA) is 42.0 Å². The molecule has 1 heterocycles. The van der Waals surface area contributed by atoms with Gasteiger partial charge in [-0.2, -0.15) is 0 Å². The summed E-state index contributed by atoms with van der Waals surface area (Å²) in [6, 6.07) is 6.09. The first kappa shape index (κ1) is 14.0. The van der Waals surface area contributed by atoms with Crippen molar-refractivity contribution in [3.8, 4) is 0 Å². The van der Waals surface area contributed by atoms with Gasteiger partial charge in [-0.3, -0.25) is 9.78 Å².